The molecule has 0 aromatic carbocycles. The summed E-state index contributed by atoms with van der Waals surface area (Å²) < 4.78 is 4.91. The molecule has 0 saturated heterocycles. The highest BCUT2D eigenvalue weighted by molar-refractivity contribution is 7.15. The Morgan fingerprint density at radius 1 is 1.60 bits per heavy atom. The second kappa shape index (κ2) is 5.90. The number of fused-ring (bicyclic) bond motifs is 1. The molecule has 0 bridgehead atoms. The van der Waals surface area contributed by atoms with Gasteiger partial charge in [0.15, 0.2) is 5.13 Å². The number of hydrogen-bond donors (Lipinski definition) is 2. The first-order valence-corrected chi connectivity index (χ1v) is 6.92. The predicted molar refractivity (Wildman–Crippen MR) is 78.6 cm³/mol. The van der Waals surface area contributed by atoms with Crippen LogP contribution in [0.25, 0.3) is 0 Å². The fourth-order valence-corrected chi connectivity index (χ4v) is 3.18. The maximum atomic E-state index is 11.9. The molecule has 0 fully saturated rings. The van der Waals surface area contributed by atoms with E-state index in [4.69, 9.17) is 10.3 Å². The molecule has 3 rings (SSSR count). The van der Waals surface area contributed by atoms with Gasteiger partial charge < -0.3 is 10.3 Å². The maximum absolute atomic E-state index is 11.9. The van der Waals surface area contributed by atoms with E-state index in [1.54, 1.807) is 13.0 Å². The number of carbonyl (C=O) groups excluding carboxylic acids is 1. The van der Waals surface area contributed by atoms with Crippen molar-refractivity contribution in [2.45, 2.75) is 32.2 Å². The summed E-state index contributed by atoms with van der Waals surface area (Å²) in [5, 5.41) is 7.02. The zero-order valence-electron chi connectivity index (χ0n) is 10.9. The van der Waals surface area contributed by atoms with E-state index in [-0.39, 0.29) is 30.1 Å². The molecule has 1 amide bonds. The number of nitrogens with two attached hydrogens (primary N) is 1. The van der Waals surface area contributed by atoms with Gasteiger partial charge in [0, 0.05) is 17.0 Å². The third-order valence-electron chi connectivity index (χ3n) is 3.05. The molecule has 1 aliphatic carbocycles. The number of rotatable bonds is 2. The number of nitrogens with zero attached hydrogens (tertiary/aromatic N) is 2. The zero-order valence-corrected chi connectivity index (χ0v) is 12.5. The molecule has 108 valence electrons. The molecule has 0 saturated carbocycles. The van der Waals surface area contributed by atoms with Crippen molar-refractivity contribution in [2.24, 2.45) is 5.73 Å². The zero-order chi connectivity index (χ0) is 13.4. The van der Waals surface area contributed by atoms with Crippen molar-refractivity contribution < 1.29 is 9.32 Å². The van der Waals surface area contributed by atoms with Gasteiger partial charge in [0.25, 0.3) is 5.91 Å². The van der Waals surface area contributed by atoms with Crippen LogP contribution in [-0.2, 0) is 12.8 Å². The average molecular weight is 315 g/mol. The molecule has 0 spiro atoms. The summed E-state index contributed by atoms with van der Waals surface area (Å²) >= 11 is 1.48. The van der Waals surface area contributed by atoms with Gasteiger partial charge in [-0.2, -0.15) is 0 Å². The smallest absolute Gasteiger partial charge is 0.296 e. The Morgan fingerprint density at radius 2 is 2.40 bits per heavy atom. The molecular formula is C12H15ClN4O2S. The van der Waals surface area contributed by atoms with Crippen LogP contribution in [0.2, 0.25) is 0 Å². The molecule has 0 aliphatic heterocycles. The van der Waals surface area contributed by atoms with Gasteiger partial charge in [-0.25, -0.2) is 4.98 Å². The van der Waals surface area contributed by atoms with Crippen molar-refractivity contribution in [3.63, 3.8) is 0 Å². The third-order valence-corrected chi connectivity index (χ3v) is 4.09. The number of thiazole rings is 1. The summed E-state index contributed by atoms with van der Waals surface area (Å²) in [5.41, 5.74) is 7.65. The molecule has 0 unspecified atom stereocenters. The SMILES string of the molecule is Cc1cc(C(=O)Nc2nc3c(s2)C[C@@H](N)CC3)on1.Cl. The molecule has 2 aromatic rings. The van der Waals surface area contributed by atoms with Crippen LogP contribution in [0.1, 0.15) is 33.2 Å². The van der Waals surface area contributed by atoms with E-state index in [1.165, 1.54) is 16.2 Å². The highest BCUT2D eigenvalue weighted by Gasteiger charge is 2.21. The Labute approximate surface area is 126 Å². The van der Waals surface area contributed by atoms with Crippen LogP contribution in [0.3, 0.4) is 0 Å². The maximum Gasteiger partial charge on any atom is 0.296 e. The number of amides is 1. The van der Waals surface area contributed by atoms with Crippen molar-refractivity contribution in [1.82, 2.24) is 10.1 Å². The van der Waals surface area contributed by atoms with Gasteiger partial charge in [-0.1, -0.05) is 5.16 Å². The minimum absolute atomic E-state index is 0. The summed E-state index contributed by atoms with van der Waals surface area (Å²) in [5.74, 6) is -0.127. The third kappa shape index (κ3) is 3.00. The van der Waals surface area contributed by atoms with Crippen LogP contribution in [-0.4, -0.2) is 22.1 Å². The number of carbonyl (C=O) groups is 1. The van der Waals surface area contributed by atoms with E-state index in [0.717, 1.165) is 25.0 Å². The number of halogens is 1. The molecule has 20 heavy (non-hydrogen) atoms. The molecule has 6 nitrogen and oxygen atoms in total. The van der Waals surface area contributed by atoms with Gasteiger partial charge in [-0.15, -0.1) is 23.7 Å². The van der Waals surface area contributed by atoms with Gasteiger partial charge in [-0.05, 0) is 26.2 Å². The summed E-state index contributed by atoms with van der Waals surface area (Å²) in [6.45, 7) is 1.77. The summed E-state index contributed by atoms with van der Waals surface area (Å²) in [7, 11) is 0. The van der Waals surface area contributed by atoms with Crippen LogP contribution >= 0.6 is 23.7 Å². The van der Waals surface area contributed by atoms with E-state index in [9.17, 15) is 4.79 Å². The van der Waals surface area contributed by atoms with Gasteiger partial charge >= 0.3 is 0 Å². The normalized spacial score (nSPS) is 17.2. The number of aryl methyl sites for hydroxylation is 2. The molecule has 3 N–H and O–H groups in total. The first-order chi connectivity index (χ1) is 9.11. The monoisotopic (exact) mass is 314 g/mol. The highest BCUT2D eigenvalue weighted by Crippen LogP contribution is 2.29. The van der Waals surface area contributed by atoms with Crippen molar-refractivity contribution in [1.29, 1.82) is 0 Å². The fraction of sp³-hybridized carbons (Fsp3) is 0.417. The number of anilines is 1. The van der Waals surface area contributed by atoms with Crippen LogP contribution in [0.4, 0.5) is 5.13 Å². The number of nitrogens with one attached hydrogen (secondary N) is 1. The number of hydrogen-bond acceptors (Lipinski definition) is 6. The van der Waals surface area contributed by atoms with Crippen LogP contribution in [0.5, 0.6) is 0 Å². The lowest BCUT2D eigenvalue weighted by atomic mass is 9.99. The molecular weight excluding hydrogens is 300 g/mol. The topological polar surface area (TPSA) is 94.0 Å². The minimum atomic E-state index is -0.323. The Balaban J connectivity index is 0.00000147. The van der Waals surface area contributed by atoms with Crippen molar-refractivity contribution in [3.05, 3.63) is 28.1 Å². The Bertz CT molecular complexity index is 625. The first-order valence-electron chi connectivity index (χ1n) is 6.10. The second-order valence-electron chi connectivity index (χ2n) is 4.68. The van der Waals surface area contributed by atoms with Crippen LogP contribution in [0, 0.1) is 6.92 Å². The van der Waals surface area contributed by atoms with Crippen molar-refractivity contribution >= 4 is 34.8 Å². The molecule has 0 radical (unpaired) electrons. The van der Waals surface area contributed by atoms with Crippen molar-refractivity contribution in [3.8, 4) is 0 Å². The molecule has 2 heterocycles. The average Bonchev–Trinajstić information content (AvgIpc) is 2.94. The van der Waals surface area contributed by atoms with Gasteiger partial charge in [-0.3, -0.25) is 10.1 Å². The second-order valence-corrected chi connectivity index (χ2v) is 5.76. The standard InChI is InChI=1S/C12H14N4O2S.ClH/c1-6-4-9(18-16-6)11(17)15-12-14-8-3-2-7(13)5-10(8)19-12;/h4,7H,2-3,5,13H2,1H3,(H,14,15,17);1H/t7-;/m0./s1. The summed E-state index contributed by atoms with van der Waals surface area (Å²) in [6.07, 6.45) is 2.67. The Kier molecular flexibility index (Phi) is 4.42. The predicted octanol–water partition coefficient (Wildman–Crippen LogP) is 1.93. The molecule has 8 heteroatoms. The largest absolute Gasteiger partial charge is 0.351 e. The minimum Gasteiger partial charge on any atom is -0.351 e. The lowest BCUT2D eigenvalue weighted by Gasteiger charge is -2.15. The van der Waals surface area contributed by atoms with Gasteiger partial charge in [0.1, 0.15) is 0 Å². The Morgan fingerprint density at radius 3 is 3.10 bits per heavy atom. The van der Waals surface area contributed by atoms with Crippen LogP contribution in [0.15, 0.2) is 10.6 Å². The van der Waals surface area contributed by atoms with E-state index < -0.39 is 0 Å². The lowest BCUT2D eigenvalue weighted by Crippen LogP contribution is -2.27. The molecule has 2 aromatic heterocycles. The van der Waals surface area contributed by atoms with E-state index in [2.05, 4.69) is 15.5 Å². The van der Waals surface area contributed by atoms with E-state index in [1.807, 2.05) is 0 Å². The van der Waals surface area contributed by atoms with Gasteiger partial charge in [0.05, 0.1) is 11.4 Å². The lowest BCUT2D eigenvalue weighted by molar-refractivity contribution is 0.0988. The number of aromatic nitrogens is 2. The quantitative estimate of drug-likeness (QED) is 0.883. The Hall–Kier alpha value is -1.44. The first kappa shape index (κ1) is 15.0. The highest BCUT2D eigenvalue weighted by atomic mass is 35.5. The summed E-state index contributed by atoms with van der Waals surface area (Å²) in [4.78, 5) is 17.5. The van der Waals surface area contributed by atoms with Crippen molar-refractivity contribution in [2.75, 3.05) is 5.32 Å². The summed E-state index contributed by atoms with van der Waals surface area (Å²) in [6, 6.07) is 1.80. The molecule has 1 atom stereocenters. The van der Waals surface area contributed by atoms with E-state index >= 15 is 0 Å². The van der Waals surface area contributed by atoms with E-state index in [0.29, 0.717) is 10.8 Å². The van der Waals surface area contributed by atoms with Gasteiger partial charge in [0.2, 0.25) is 5.76 Å². The fourth-order valence-electron chi connectivity index (χ4n) is 2.08. The van der Waals surface area contributed by atoms with Crippen LogP contribution < -0.4 is 11.1 Å². The molecule has 1 aliphatic rings.